The molecule has 0 bridgehead atoms. The number of rotatable bonds is 10. The number of hydrogen-bond acceptors (Lipinski definition) is 6. The molecule has 39 heavy (non-hydrogen) atoms. The first-order valence-electron chi connectivity index (χ1n) is 11.5. The van der Waals surface area contributed by atoms with Crippen LogP contribution in [0.15, 0.2) is 65.8 Å². The van der Waals surface area contributed by atoms with Gasteiger partial charge in [0.25, 0.3) is 0 Å². The summed E-state index contributed by atoms with van der Waals surface area (Å²) < 4.78 is 79.4. The van der Waals surface area contributed by atoms with Gasteiger partial charge in [-0.2, -0.15) is 17.5 Å². The Kier molecular flexibility index (Phi) is 9.02. The number of amides is 2. The van der Waals surface area contributed by atoms with E-state index in [1.165, 1.54) is 32.0 Å². The van der Waals surface area contributed by atoms with Crippen molar-refractivity contribution in [3.63, 3.8) is 0 Å². The molecule has 0 aliphatic carbocycles. The van der Waals surface area contributed by atoms with Crippen molar-refractivity contribution >= 4 is 21.8 Å². The lowest BCUT2D eigenvalue weighted by atomic mass is 10.1. The first-order valence-corrected chi connectivity index (χ1v) is 13.0. The average molecular weight is 568 g/mol. The summed E-state index contributed by atoms with van der Waals surface area (Å²) in [6.07, 6.45) is -3.96. The lowest BCUT2D eigenvalue weighted by molar-refractivity contribution is -0.137. The minimum absolute atomic E-state index is 0.215. The van der Waals surface area contributed by atoms with Crippen molar-refractivity contribution in [2.75, 3.05) is 0 Å². The van der Waals surface area contributed by atoms with Gasteiger partial charge in [0.1, 0.15) is 18.2 Å². The highest BCUT2D eigenvalue weighted by molar-refractivity contribution is 7.89. The number of sulfonamides is 1. The van der Waals surface area contributed by atoms with Crippen molar-refractivity contribution in [3.8, 4) is 11.3 Å². The smallest absolute Gasteiger partial charge is 0.370 e. The van der Waals surface area contributed by atoms with E-state index < -0.39 is 57.9 Å². The number of nitrogens with zero attached hydrogens (tertiary/aromatic N) is 3. The molecule has 2 aromatic carbocycles. The number of hydrogen-bond donors (Lipinski definition) is 2. The highest BCUT2D eigenvalue weighted by atomic mass is 32.2. The Bertz CT molecular complexity index is 1430. The predicted octanol–water partition coefficient (Wildman–Crippen LogP) is 3.26. The Labute approximate surface area is 222 Å². The molecular weight excluding hydrogens is 542 g/mol. The standard InChI is InChI=1S/C25H25F4N5O4S/c1-15(2)34(39(37,38)20-9-7-18(26)8-10-20)22(12-23(30)35)24(36)31-13-19-11-21(33-14-32-19)16-3-5-17(6-4-16)25(27,28)29/h3-11,14-15,22H,12-13H2,1-2H3,(H2,30,35)(H,31,36). The number of nitrogens with two attached hydrogens (primary N) is 1. The van der Waals surface area contributed by atoms with Crippen LogP contribution in [0.3, 0.4) is 0 Å². The molecular formula is C25H25F4N5O4S. The molecule has 2 amide bonds. The van der Waals surface area contributed by atoms with Gasteiger partial charge in [-0.15, -0.1) is 0 Å². The van der Waals surface area contributed by atoms with E-state index in [0.29, 0.717) is 11.3 Å². The van der Waals surface area contributed by atoms with Gasteiger partial charge in [-0.25, -0.2) is 22.8 Å². The van der Waals surface area contributed by atoms with Crippen LogP contribution in [0.5, 0.6) is 0 Å². The maximum absolute atomic E-state index is 13.4. The Morgan fingerprint density at radius 3 is 2.18 bits per heavy atom. The van der Waals surface area contributed by atoms with Gasteiger partial charge in [0, 0.05) is 11.6 Å². The molecule has 0 aliphatic heterocycles. The van der Waals surface area contributed by atoms with Crippen LogP contribution < -0.4 is 11.1 Å². The predicted molar refractivity (Wildman–Crippen MR) is 132 cm³/mol. The Morgan fingerprint density at radius 1 is 1.03 bits per heavy atom. The van der Waals surface area contributed by atoms with E-state index in [1.54, 1.807) is 0 Å². The molecule has 0 spiro atoms. The topological polar surface area (TPSA) is 135 Å². The maximum Gasteiger partial charge on any atom is 0.416 e. The Morgan fingerprint density at radius 2 is 1.64 bits per heavy atom. The minimum atomic E-state index is -4.49. The van der Waals surface area contributed by atoms with Gasteiger partial charge in [-0.1, -0.05) is 12.1 Å². The monoisotopic (exact) mass is 567 g/mol. The van der Waals surface area contributed by atoms with E-state index in [2.05, 4.69) is 15.3 Å². The van der Waals surface area contributed by atoms with Gasteiger partial charge in [-0.05, 0) is 56.3 Å². The third-order valence-electron chi connectivity index (χ3n) is 5.58. The summed E-state index contributed by atoms with van der Waals surface area (Å²) in [4.78, 5) is 32.8. The van der Waals surface area contributed by atoms with Crippen LogP contribution in [0, 0.1) is 5.82 Å². The number of alkyl halides is 3. The lowest BCUT2D eigenvalue weighted by Gasteiger charge is -2.32. The summed E-state index contributed by atoms with van der Waals surface area (Å²) in [6, 6.07) is 7.44. The SMILES string of the molecule is CC(C)N(C(CC(N)=O)C(=O)NCc1cc(-c2ccc(C(F)(F)F)cc2)ncn1)S(=O)(=O)c1ccc(F)cc1. The molecule has 0 radical (unpaired) electrons. The van der Waals surface area contributed by atoms with Crippen molar-refractivity contribution in [1.82, 2.24) is 19.6 Å². The molecule has 1 aromatic heterocycles. The number of nitrogens with one attached hydrogen (secondary N) is 1. The fourth-order valence-electron chi connectivity index (χ4n) is 3.80. The van der Waals surface area contributed by atoms with E-state index >= 15 is 0 Å². The van der Waals surface area contributed by atoms with E-state index in [9.17, 15) is 35.6 Å². The molecule has 3 aromatic rings. The van der Waals surface area contributed by atoms with Crippen molar-refractivity contribution in [1.29, 1.82) is 0 Å². The third-order valence-corrected chi connectivity index (χ3v) is 7.68. The second-order valence-electron chi connectivity index (χ2n) is 8.76. The summed E-state index contributed by atoms with van der Waals surface area (Å²) in [7, 11) is -4.35. The number of aromatic nitrogens is 2. The van der Waals surface area contributed by atoms with Crippen molar-refractivity contribution in [2.24, 2.45) is 5.73 Å². The first-order chi connectivity index (χ1) is 18.2. The number of halogens is 4. The molecule has 208 valence electrons. The van der Waals surface area contributed by atoms with E-state index in [0.717, 1.165) is 47.0 Å². The van der Waals surface area contributed by atoms with Crippen LogP contribution in [0.1, 0.15) is 31.5 Å². The first kappa shape index (κ1) is 29.6. The van der Waals surface area contributed by atoms with Crippen LogP contribution in [0.2, 0.25) is 0 Å². The zero-order valence-electron chi connectivity index (χ0n) is 20.8. The maximum atomic E-state index is 13.4. The minimum Gasteiger partial charge on any atom is -0.370 e. The fourth-order valence-corrected chi connectivity index (χ4v) is 5.58. The van der Waals surface area contributed by atoms with Crippen LogP contribution in [0.4, 0.5) is 17.6 Å². The van der Waals surface area contributed by atoms with E-state index in [-0.39, 0.29) is 17.1 Å². The van der Waals surface area contributed by atoms with Crippen LogP contribution in [-0.2, 0) is 32.3 Å². The summed E-state index contributed by atoms with van der Waals surface area (Å²) in [5.41, 5.74) is 5.43. The van der Waals surface area contributed by atoms with Gasteiger partial charge >= 0.3 is 6.18 Å². The van der Waals surface area contributed by atoms with Crippen molar-refractivity contribution in [2.45, 2.75) is 50.0 Å². The molecule has 0 saturated heterocycles. The van der Waals surface area contributed by atoms with Gasteiger partial charge < -0.3 is 11.1 Å². The molecule has 0 aliphatic rings. The molecule has 1 unspecified atom stereocenters. The quantitative estimate of drug-likeness (QED) is 0.361. The molecule has 3 N–H and O–H groups in total. The van der Waals surface area contributed by atoms with Gasteiger partial charge in [0.15, 0.2) is 0 Å². The van der Waals surface area contributed by atoms with Crippen molar-refractivity contribution < 1.29 is 35.6 Å². The normalized spacial score (nSPS) is 12.9. The van der Waals surface area contributed by atoms with Crippen LogP contribution >= 0.6 is 0 Å². The molecule has 1 heterocycles. The van der Waals surface area contributed by atoms with Gasteiger partial charge in [-0.3, -0.25) is 9.59 Å². The van der Waals surface area contributed by atoms with E-state index in [4.69, 9.17) is 5.73 Å². The van der Waals surface area contributed by atoms with Gasteiger partial charge in [0.2, 0.25) is 21.8 Å². The van der Waals surface area contributed by atoms with Crippen LogP contribution in [-0.4, -0.2) is 46.6 Å². The summed E-state index contributed by atoms with van der Waals surface area (Å²) in [5, 5.41) is 2.53. The summed E-state index contributed by atoms with van der Waals surface area (Å²) in [6.45, 7) is 2.79. The molecule has 14 heteroatoms. The summed E-state index contributed by atoms with van der Waals surface area (Å²) >= 11 is 0. The lowest BCUT2D eigenvalue weighted by Crippen LogP contribution is -2.53. The zero-order valence-corrected chi connectivity index (χ0v) is 21.6. The number of primary amides is 1. The van der Waals surface area contributed by atoms with Gasteiger partial charge in [0.05, 0.1) is 34.8 Å². The van der Waals surface area contributed by atoms with E-state index in [1.807, 2.05) is 0 Å². The largest absolute Gasteiger partial charge is 0.416 e. The highest BCUT2D eigenvalue weighted by Gasteiger charge is 2.39. The number of carbonyl (C=O) groups is 2. The molecule has 1 atom stereocenters. The second-order valence-corrected chi connectivity index (χ2v) is 10.6. The second kappa shape index (κ2) is 11.9. The third kappa shape index (κ3) is 7.35. The average Bonchev–Trinajstić information content (AvgIpc) is 2.86. The molecule has 0 saturated carbocycles. The number of benzene rings is 2. The van der Waals surface area contributed by atoms with Crippen molar-refractivity contribution in [3.05, 3.63) is 78.0 Å². The fraction of sp³-hybridized carbons (Fsp3) is 0.280. The molecule has 0 fully saturated rings. The Hall–Kier alpha value is -3.91. The molecule has 3 rings (SSSR count). The zero-order chi connectivity index (χ0) is 29.0. The Balaban J connectivity index is 1.84. The summed E-state index contributed by atoms with van der Waals surface area (Å²) in [5.74, 6) is -2.43. The highest BCUT2D eigenvalue weighted by Crippen LogP contribution is 2.30. The molecule has 9 nitrogen and oxygen atoms in total. The van der Waals surface area contributed by atoms with Crippen LogP contribution in [0.25, 0.3) is 11.3 Å². The number of carbonyl (C=O) groups excluding carboxylic acids is 2.